The van der Waals surface area contributed by atoms with Gasteiger partial charge in [0.05, 0.1) is 6.10 Å². The summed E-state index contributed by atoms with van der Waals surface area (Å²) in [6.07, 6.45) is 4.07. The van der Waals surface area contributed by atoms with Crippen molar-refractivity contribution >= 4 is 6.09 Å². The van der Waals surface area contributed by atoms with E-state index in [4.69, 9.17) is 4.74 Å². The van der Waals surface area contributed by atoms with Gasteiger partial charge in [-0.15, -0.1) is 0 Å². The average Bonchev–Trinajstić information content (AvgIpc) is 2.86. The Morgan fingerprint density at radius 3 is 2.64 bits per heavy atom. The van der Waals surface area contributed by atoms with Crippen molar-refractivity contribution in [3.63, 3.8) is 0 Å². The van der Waals surface area contributed by atoms with Crippen molar-refractivity contribution in [1.82, 2.24) is 9.80 Å². The van der Waals surface area contributed by atoms with E-state index < -0.39 is 5.60 Å². The summed E-state index contributed by atoms with van der Waals surface area (Å²) < 4.78 is 5.45. The van der Waals surface area contributed by atoms with Gasteiger partial charge in [0.25, 0.3) is 0 Å². The van der Waals surface area contributed by atoms with E-state index in [0.717, 1.165) is 39.0 Å². The number of piperidine rings is 1. The van der Waals surface area contributed by atoms with Crippen molar-refractivity contribution in [2.24, 2.45) is 5.92 Å². The first-order chi connectivity index (χ1) is 10.3. The first-order valence-corrected chi connectivity index (χ1v) is 8.66. The summed E-state index contributed by atoms with van der Waals surface area (Å²) in [5.74, 6) is 0.492. The molecule has 0 spiro atoms. The van der Waals surface area contributed by atoms with Gasteiger partial charge in [-0.25, -0.2) is 4.79 Å². The lowest BCUT2D eigenvalue weighted by Gasteiger charge is -2.38. The number of carbonyl (C=O) groups is 1. The molecule has 1 N–H and O–H groups in total. The number of rotatable bonds is 3. The normalized spacial score (nSPS) is 28.7. The van der Waals surface area contributed by atoms with Crippen LogP contribution in [0, 0.1) is 5.92 Å². The first kappa shape index (κ1) is 17.5. The number of hydrogen-bond donors (Lipinski definition) is 1. The standard InChI is InChI=1S/C17H32N2O3/c1-13(20)15-7-5-6-9-18(15)11-14-8-10-19(12-14)16(21)22-17(2,3)4/h13-15,20H,5-12H2,1-4H3/t13-,14+,15-/m0/s1. The maximum Gasteiger partial charge on any atom is 0.410 e. The predicted octanol–water partition coefficient (Wildman–Crippen LogP) is 2.48. The summed E-state index contributed by atoms with van der Waals surface area (Å²) >= 11 is 0. The van der Waals surface area contributed by atoms with E-state index in [2.05, 4.69) is 4.90 Å². The van der Waals surface area contributed by atoms with Crippen LogP contribution >= 0.6 is 0 Å². The monoisotopic (exact) mass is 312 g/mol. The van der Waals surface area contributed by atoms with E-state index >= 15 is 0 Å². The molecule has 1 amide bonds. The van der Waals surface area contributed by atoms with Crippen LogP contribution in [0.3, 0.4) is 0 Å². The van der Waals surface area contributed by atoms with E-state index in [1.807, 2.05) is 32.6 Å². The van der Waals surface area contributed by atoms with Crippen molar-refractivity contribution in [2.45, 2.75) is 71.1 Å². The maximum atomic E-state index is 12.1. The average molecular weight is 312 g/mol. The van der Waals surface area contributed by atoms with Gasteiger partial charge >= 0.3 is 6.09 Å². The van der Waals surface area contributed by atoms with Gasteiger partial charge in [0.1, 0.15) is 5.60 Å². The minimum Gasteiger partial charge on any atom is -0.444 e. The van der Waals surface area contributed by atoms with Gasteiger partial charge < -0.3 is 14.7 Å². The molecule has 0 radical (unpaired) electrons. The van der Waals surface area contributed by atoms with Crippen LogP contribution in [0.4, 0.5) is 4.79 Å². The Morgan fingerprint density at radius 2 is 2.00 bits per heavy atom. The molecule has 2 heterocycles. The zero-order valence-electron chi connectivity index (χ0n) is 14.5. The third kappa shape index (κ3) is 4.85. The highest BCUT2D eigenvalue weighted by Crippen LogP contribution is 2.25. The van der Waals surface area contributed by atoms with E-state index in [1.54, 1.807) is 0 Å². The third-order valence-electron chi connectivity index (χ3n) is 4.65. The van der Waals surface area contributed by atoms with Gasteiger partial charge in [-0.2, -0.15) is 0 Å². The highest BCUT2D eigenvalue weighted by molar-refractivity contribution is 5.68. The molecule has 0 aromatic heterocycles. The summed E-state index contributed by atoms with van der Waals surface area (Å²) in [4.78, 5) is 16.4. The van der Waals surface area contributed by atoms with Crippen LogP contribution in [0.5, 0.6) is 0 Å². The molecule has 2 aliphatic heterocycles. The number of aliphatic hydroxyl groups is 1. The van der Waals surface area contributed by atoms with E-state index in [9.17, 15) is 9.90 Å². The molecule has 2 saturated heterocycles. The molecule has 5 heteroatoms. The molecule has 0 aliphatic carbocycles. The van der Waals surface area contributed by atoms with Gasteiger partial charge in [-0.05, 0) is 59.4 Å². The van der Waals surface area contributed by atoms with Gasteiger partial charge in [0.2, 0.25) is 0 Å². The lowest BCUT2D eigenvalue weighted by atomic mass is 9.96. The summed E-state index contributed by atoms with van der Waals surface area (Å²) in [7, 11) is 0. The number of likely N-dealkylation sites (tertiary alicyclic amines) is 2. The van der Waals surface area contributed by atoms with Gasteiger partial charge in [-0.1, -0.05) is 6.42 Å². The second-order valence-electron chi connectivity index (χ2n) is 7.88. The lowest BCUT2D eigenvalue weighted by molar-refractivity contribution is 0.0216. The maximum absolute atomic E-state index is 12.1. The fourth-order valence-corrected chi connectivity index (χ4v) is 3.60. The molecule has 3 atom stereocenters. The Balaban J connectivity index is 1.84. The quantitative estimate of drug-likeness (QED) is 0.870. The first-order valence-electron chi connectivity index (χ1n) is 8.66. The molecule has 0 aromatic rings. The minimum absolute atomic E-state index is 0.194. The van der Waals surface area contributed by atoms with Crippen LogP contribution in [0.1, 0.15) is 53.4 Å². The zero-order valence-corrected chi connectivity index (χ0v) is 14.5. The second-order valence-corrected chi connectivity index (χ2v) is 7.88. The van der Waals surface area contributed by atoms with Crippen LogP contribution in [-0.4, -0.2) is 64.9 Å². The topological polar surface area (TPSA) is 53.0 Å². The van der Waals surface area contributed by atoms with Crippen molar-refractivity contribution in [3.05, 3.63) is 0 Å². The van der Waals surface area contributed by atoms with Crippen molar-refractivity contribution < 1.29 is 14.6 Å². The molecule has 128 valence electrons. The Hall–Kier alpha value is -0.810. The number of nitrogens with zero attached hydrogens (tertiary/aromatic N) is 2. The molecular formula is C17H32N2O3. The predicted molar refractivity (Wildman–Crippen MR) is 86.8 cm³/mol. The van der Waals surface area contributed by atoms with Crippen LogP contribution in [0.15, 0.2) is 0 Å². The van der Waals surface area contributed by atoms with Crippen LogP contribution < -0.4 is 0 Å². The molecular weight excluding hydrogens is 280 g/mol. The van der Waals surface area contributed by atoms with Crippen molar-refractivity contribution in [2.75, 3.05) is 26.2 Å². The Morgan fingerprint density at radius 1 is 1.27 bits per heavy atom. The number of aliphatic hydroxyl groups excluding tert-OH is 1. The van der Waals surface area contributed by atoms with Crippen LogP contribution in [0.2, 0.25) is 0 Å². The number of ether oxygens (including phenoxy) is 1. The molecule has 0 aromatic carbocycles. The number of hydrogen-bond acceptors (Lipinski definition) is 4. The van der Waals surface area contributed by atoms with Gasteiger partial charge in [0, 0.05) is 25.7 Å². The second kappa shape index (κ2) is 7.18. The van der Waals surface area contributed by atoms with Gasteiger partial charge in [-0.3, -0.25) is 4.90 Å². The highest BCUT2D eigenvalue weighted by Gasteiger charge is 2.33. The summed E-state index contributed by atoms with van der Waals surface area (Å²) in [6.45, 7) is 11.2. The Kier molecular flexibility index (Phi) is 5.72. The molecule has 0 saturated carbocycles. The number of carbonyl (C=O) groups excluding carboxylic acids is 1. The molecule has 0 unspecified atom stereocenters. The lowest BCUT2D eigenvalue weighted by Crippen LogP contribution is -2.48. The molecule has 2 fully saturated rings. The molecule has 22 heavy (non-hydrogen) atoms. The molecule has 2 rings (SSSR count). The number of amides is 1. The summed E-state index contributed by atoms with van der Waals surface area (Å²) in [6, 6.07) is 0.282. The van der Waals surface area contributed by atoms with Crippen LogP contribution in [0.25, 0.3) is 0 Å². The van der Waals surface area contributed by atoms with Gasteiger partial charge in [0.15, 0.2) is 0 Å². The summed E-state index contributed by atoms with van der Waals surface area (Å²) in [5, 5.41) is 9.96. The minimum atomic E-state index is -0.431. The van der Waals surface area contributed by atoms with Crippen LogP contribution in [-0.2, 0) is 4.74 Å². The fraction of sp³-hybridized carbons (Fsp3) is 0.941. The fourth-order valence-electron chi connectivity index (χ4n) is 3.60. The third-order valence-corrected chi connectivity index (χ3v) is 4.65. The molecule has 5 nitrogen and oxygen atoms in total. The highest BCUT2D eigenvalue weighted by atomic mass is 16.6. The van der Waals surface area contributed by atoms with E-state index in [0.29, 0.717) is 5.92 Å². The van der Waals surface area contributed by atoms with E-state index in [1.165, 1.54) is 12.8 Å². The molecule has 2 aliphatic rings. The largest absolute Gasteiger partial charge is 0.444 e. The van der Waals surface area contributed by atoms with Crippen molar-refractivity contribution in [1.29, 1.82) is 0 Å². The van der Waals surface area contributed by atoms with Crippen molar-refractivity contribution in [3.8, 4) is 0 Å². The summed E-state index contributed by atoms with van der Waals surface area (Å²) in [5.41, 5.74) is -0.431. The smallest absolute Gasteiger partial charge is 0.410 e. The Bertz CT molecular complexity index is 379. The van der Waals surface area contributed by atoms with E-state index in [-0.39, 0.29) is 18.2 Å². The zero-order chi connectivity index (χ0) is 16.3. The molecule has 0 bridgehead atoms. The SMILES string of the molecule is C[C@H](O)[C@@H]1CCCCN1C[C@H]1CCN(C(=O)OC(C)(C)C)C1. The Labute approximate surface area is 134 Å².